The maximum Gasteiger partial charge on any atom is 0.213 e. The first kappa shape index (κ1) is 22.3. The second-order valence-electron chi connectivity index (χ2n) is 7.00. The van der Waals surface area contributed by atoms with Crippen molar-refractivity contribution in [3.05, 3.63) is 58.7 Å². The third kappa shape index (κ3) is 4.27. The van der Waals surface area contributed by atoms with Crippen molar-refractivity contribution in [2.75, 3.05) is 28.4 Å². The maximum absolute atomic E-state index is 13.0. The monoisotopic (exact) mass is 465 g/mol. The number of ether oxygens (including phenoxy) is 4. The van der Waals surface area contributed by atoms with Crippen LogP contribution in [0.3, 0.4) is 0 Å². The van der Waals surface area contributed by atoms with Crippen LogP contribution in [-0.4, -0.2) is 48.8 Å². The lowest BCUT2D eigenvalue weighted by atomic mass is 10.1. The highest BCUT2D eigenvalue weighted by Crippen LogP contribution is 2.38. The van der Waals surface area contributed by atoms with E-state index in [1.807, 2.05) is 31.2 Å². The average Bonchev–Trinajstić information content (AvgIpc) is 3.37. The molecule has 0 radical (unpaired) electrons. The van der Waals surface area contributed by atoms with Crippen LogP contribution in [0.5, 0.6) is 23.0 Å². The van der Waals surface area contributed by atoms with Crippen LogP contribution in [0.1, 0.15) is 21.1 Å². The molecule has 0 N–H and O–H groups in total. The van der Waals surface area contributed by atoms with E-state index in [0.717, 1.165) is 27.0 Å². The first-order valence-corrected chi connectivity index (χ1v) is 10.8. The van der Waals surface area contributed by atoms with Gasteiger partial charge in [0, 0.05) is 11.1 Å². The summed E-state index contributed by atoms with van der Waals surface area (Å²) in [5.41, 5.74) is 2.73. The minimum Gasteiger partial charge on any atom is -0.497 e. The number of methoxy groups -OCH3 is 4. The van der Waals surface area contributed by atoms with Gasteiger partial charge in [0.15, 0.2) is 17.3 Å². The number of carbonyl (C=O) groups is 1. The summed E-state index contributed by atoms with van der Waals surface area (Å²) in [7, 11) is 6.16. The van der Waals surface area contributed by atoms with E-state index >= 15 is 0 Å². The van der Waals surface area contributed by atoms with Gasteiger partial charge in [-0.1, -0.05) is 11.3 Å². The quantitative estimate of drug-likeness (QED) is 0.276. The number of benzene rings is 2. The summed E-state index contributed by atoms with van der Waals surface area (Å²) in [6, 6.07) is 10.8. The van der Waals surface area contributed by atoms with Crippen molar-refractivity contribution < 1.29 is 23.7 Å². The average molecular weight is 466 g/mol. The zero-order valence-electron chi connectivity index (χ0n) is 18.9. The highest BCUT2D eigenvalue weighted by Gasteiger charge is 2.18. The Labute approximate surface area is 195 Å². The Bertz CT molecular complexity index is 1310. The van der Waals surface area contributed by atoms with Crippen LogP contribution >= 0.6 is 11.3 Å². The molecule has 0 unspecified atom stereocenters. The molecule has 8 nitrogen and oxygen atoms in total. The smallest absolute Gasteiger partial charge is 0.213 e. The SMILES string of the molecule is COc1ccc(-c2nc3sc(C)nn3c2/C=C/C(=O)c2cc(OC)c(OC)c(OC)c2)cc1. The second-order valence-corrected chi connectivity index (χ2v) is 8.16. The number of hydrogen-bond acceptors (Lipinski definition) is 8. The molecule has 0 bridgehead atoms. The normalized spacial score (nSPS) is 11.2. The van der Waals surface area contributed by atoms with E-state index in [2.05, 4.69) is 5.10 Å². The third-order valence-electron chi connectivity index (χ3n) is 5.04. The van der Waals surface area contributed by atoms with Gasteiger partial charge in [0.05, 0.1) is 39.8 Å². The number of hydrogen-bond donors (Lipinski definition) is 0. The fourth-order valence-electron chi connectivity index (χ4n) is 3.44. The van der Waals surface area contributed by atoms with Gasteiger partial charge in [-0.05, 0) is 55.5 Å². The van der Waals surface area contributed by atoms with E-state index in [9.17, 15) is 4.79 Å². The molecule has 2 aromatic carbocycles. The lowest BCUT2D eigenvalue weighted by Gasteiger charge is -2.13. The Morgan fingerprint density at radius 2 is 1.64 bits per heavy atom. The van der Waals surface area contributed by atoms with Gasteiger partial charge in [-0.3, -0.25) is 4.79 Å². The van der Waals surface area contributed by atoms with Gasteiger partial charge < -0.3 is 18.9 Å². The summed E-state index contributed by atoms with van der Waals surface area (Å²) in [5.74, 6) is 1.78. The Morgan fingerprint density at radius 3 is 2.21 bits per heavy atom. The molecule has 0 aliphatic carbocycles. The summed E-state index contributed by atoms with van der Waals surface area (Å²) in [6.45, 7) is 1.92. The number of allylic oxidation sites excluding steroid dienone is 1. The van der Waals surface area contributed by atoms with E-state index in [4.69, 9.17) is 23.9 Å². The van der Waals surface area contributed by atoms with Crippen LogP contribution < -0.4 is 18.9 Å². The van der Waals surface area contributed by atoms with Gasteiger partial charge in [-0.25, -0.2) is 9.50 Å². The molecule has 9 heteroatoms. The molecule has 0 fully saturated rings. The molecule has 0 spiro atoms. The fraction of sp³-hybridized carbons (Fsp3) is 0.208. The molecule has 0 saturated heterocycles. The minimum absolute atomic E-state index is 0.225. The Morgan fingerprint density at radius 1 is 0.970 bits per heavy atom. The summed E-state index contributed by atoms with van der Waals surface area (Å²) in [6.07, 6.45) is 3.22. The Balaban J connectivity index is 1.75. The van der Waals surface area contributed by atoms with Crippen LogP contribution in [0.2, 0.25) is 0 Å². The number of carbonyl (C=O) groups excluding carboxylic acids is 1. The number of fused-ring (bicyclic) bond motifs is 1. The summed E-state index contributed by atoms with van der Waals surface area (Å²) in [4.78, 5) is 18.5. The van der Waals surface area contributed by atoms with Gasteiger partial charge in [-0.2, -0.15) is 5.10 Å². The van der Waals surface area contributed by atoms with E-state index in [1.54, 1.807) is 29.8 Å². The molecule has 0 aliphatic rings. The molecule has 0 amide bonds. The van der Waals surface area contributed by atoms with Crippen LogP contribution in [0.15, 0.2) is 42.5 Å². The zero-order chi connectivity index (χ0) is 23.5. The standard InChI is InChI=1S/C24H23N3O5S/c1-14-26-27-18(22(25-24(27)33-14)15-6-8-17(29-2)9-7-15)10-11-19(28)16-12-20(30-3)23(32-5)21(13-16)31-4/h6-13H,1-5H3/b11-10+. The zero-order valence-corrected chi connectivity index (χ0v) is 19.7. The van der Waals surface area contributed by atoms with Crippen molar-refractivity contribution in [2.45, 2.75) is 6.92 Å². The lowest BCUT2D eigenvalue weighted by molar-refractivity contribution is 0.104. The maximum atomic E-state index is 13.0. The molecule has 4 rings (SSSR count). The van der Waals surface area contributed by atoms with Crippen molar-refractivity contribution in [3.63, 3.8) is 0 Å². The molecular formula is C24H23N3O5S. The number of nitrogens with zero attached hydrogens (tertiary/aromatic N) is 3. The summed E-state index contributed by atoms with van der Waals surface area (Å²) in [5, 5.41) is 5.43. The molecule has 4 aromatic rings. The molecule has 33 heavy (non-hydrogen) atoms. The number of aromatic nitrogens is 3. The van der Waals surface area contributed by atoms with Crippen molar-refractivity contribution in [1.29, 1.82) is 0 Å². The molecule has 170 valence electrons. The van der Waals surface area contributed by atoms with E-state index < -0.39 is 0 Å². The number of rotatable bonds is 8. The van der Waals surface area contributed by atoms with E-state index in [-0.39, 0.29) is 5.78 Å². The second kappa shape index (κ2) is 9.33. The first-order chi connectivity index (χ1) is 16.0. The van der Waals surface area contributed by atoms with Crippen molar-refractivity contribution in [1.82, 2.24) is 14.6 Å². The molecule has 0 saturated carbocycles. The molecule has 2 heterocycles. The largest absolute Gasteiger partial charge is 0.497 e. The molecule has 2 aromatic heterocycles. The van der Waals surface area contributed by atoms with Crippen LogP contribution in [0.4, 0.5) is 0 Å². The molecule has 0 atom stereocenters. The van der Waals surface area contributed by atoms with Crippen LogP contribution in [0.25, 0.3) is 22.3 Å². The minimum atomic E-state index is -0.225. The van der Waals surface area contributed by atoms with E-state index in [1.165, 1.54) is 38.7 Å². The molecule has 0 aliphatic heterocycles. The van der Waals surface area contributed by atoms with Crippen LogP contribution in [0, 0.1) is 6.92 Å². The lowest BCUT2D eigenvalue weighted by Crippen LogP contribution is -2.01. The number of imidazole rings is 1. The van der Waals surface area contributed by atoms with Gasteiger partial charge in [0.1, 0.15) is 10.8 Å². The van der Waals surface area contributed by atoms with Gasteiger partial charge in [-0.15, -0.1) is 0 Å². The van der Waals surface area contributed by atoms with Gasteiger partial charge in [0.2, 0.25) is 10.7 Å². The highest BCUT2D eigenvalue weighted by atomic mass is 32.1. The van der Waals surface area contributed by atoms with Crippen LogP contribution in [-0.2, 0) is 0 Å². The summed E-state index contributed by atoms with van der Waals surface area (Å²) < 4.78 is 23.1. The fourth-order valence-corrected chi connectivity index (χ4v) is 4.19. The first-order valence-electron chi connectivity index (χ1n) is 10.0. The van der Waals surface area contributed by atoms with Crippen molar-refractivity contribution in [3.8, 4) is 34.3 Å². The summed E-state index contributed by atoms with van der Waals surface area (Å²) >= 11 is 1.48. The number of ketones is 1. The van der Waals surface area contributed by atoms with Crippen molar-refractivity contribution >= 4 is 28.2 Å². The third-order valence-corrected chi connectivity index (χ3v) is 5.87. The predicted molar refractivity (Wildman–Crippen MR) is 127 cm³/mol. The highest BCUT2D eigenvalue weighted by molar-refractivity contribution is 7.16. The topological polar surface area (TPSA) is 84.2 Å². The number of aryl methyl sites for hydroxylation is 1. The molecular weight excluding hydrogens is 442 g/mol. The Hall–Kier alpha value is -3.85. The Kier molecular flexibility index (Phi) is 6.32. The predicted octanol–water partition coefficient (Wildman–Crippen LogP) is 4.70. The van der Waals surface area contributed by atoms with Gasteiger partial charge in [0.25, 0.3) is 0 Å². The van der Waals surface area contributed by atoms with E-state index in [0.29, 0.717) is 28.5 Å². The van der Waals surface area contributed by atoms with Crippen molar-refractivity contribution in [2.24, 2.45) is 0 Å². The van der Waals surface area contributed by atoms with Gasteiger partial charge >= 0.3 is 0 Å².